The second-order valence-electron chi connectivity index (χ2n) is 22.3. The minimum Gasteiger partial charge on any atom is -0.462 e. The summed E-state index contributed by atoms with van der Waals surface area (Å²) in [6.07, 6.45) is 59.7. The number of ether oxygens (including phenoxy) is 3. The van der Waals surface area contributed by atoms with Crippen molar-refractivity contribution in [1.82, 2.24) is 0 Å². The quantitative estimate of drug-likeness (QED) is 0.0343. The van der Waals surface area contributed by atoms with Crippen LogP contribution >= 0.6 is 0 Å². The number of rotatable bonds is 56. The summed E-state index contributed by atoms with van der Waals surface area (Å²) >= 11 is 0. The molecule has 404 valence electrons. The molecule has 0 N–H and O–H groups in total. The average molecular weight is 962 g/mol. The Balaban J connectivity index is 4.23. The molecule has 0 saturated carbocycles. The predicted octanol–water partition coefficient (Wildman–Crippen LogP) is 20.4. The first kappa shape index (κ1) is 66.4. The van der Waals surface area contributed by atoms with Crippen LogP contribution in [0.15, 0.2) is 0 Å². The third-order valence-corrected chi connectivity index (χ3v) is 14.2. The standard InChI is InChI=1S/C62H120O6/c1-6-7-8-9-10-11-12-13-14-15-19-22-25-28-31-37-42-47-52-60(63)66-55-59(56-67-61(64)53-48-43-38-34-33-36-41-46-51-58(4)5)68-62(65)54-49-44-39-32-29-26-23-20-17-16-18-21-24-27-30-35-40-45-50-57(2)3/h57-59H,6-56H2,1-5H3/t59-/m0/s1. The van der Waals surface area contributed by atoms with Gasteiger partial charge < -0.3 is 14.2 Å². The highest BCUT2D eigenvalue weighted by molar-refractivity contribution is 5.71. The molecule has 0 saturated heterocycles. The molecule has 0 aromatic heterocycles. The van der Waals surface area contributed by atoms with Gasteiger partial charge in [0.15, 0.2) is 6.10 Å². The predicted molar refractivity (Wildman–Crippen MR) is 293 cm³/mol. The van der Waals surface area contributed by atoms with Crippen LogP contribution < -0.4 is 0 Å². The second-order valence-corrected chi connectivity index (χ2v) is 22.3. The van der Waals surface area contributed by atoms with E-state index in [1.807, 2.05) is 0 Å². The summed E-state index contributed by atoms with van der Waals surface area (Å²) in [5, 5.41) is 0. The number of esters is 3. The molecule has 6 heteroatoms. The Hall–Kier alpha value is -1.59. The maximum atomic E-state index is 12.9. The molecule has 0 unspecified atom stereocenters. The fourth-order valence-electron chi connectivity index (χ4n) is 9.58. The minimum atomic E-state index is -0.763. The molecule has 0 aromatic rings. The maximum absolute atomic E-state index is 12.9. The third-order valence-electron chi connectivity index (χ3n) is 14.2. The molecular weight excluding hydrogens is 841 g/mol. The Morgan fingerprint density at radius 2 is 0.485 bits per heavy atom. The summed E-state index contributed by atoms with van der Waals surface area (Å²) in [5.74, 6) is 0.817. The van der Waals surface area contributed by atoms with Gasteiger partial charge in [-0.25, -0.2) is 0 Å². The number of carbonyl (C=O) groups excluding carboxylic acids is 3. The lowest BCUT2D eigenvalue weighted by atomic mass is 10.0. The molecule has 0 radical (unpaired) electrons. The van der Waals surface area contributed by atoms with Gasteiger partial charge >= 0.3 is 17.9 Å². The van der Waals surface area contributed by atoms with Crippen molar-refractivity contribution in [3.63, 3.8) is 0 Å². The van der Waals surface area contributed by atoms with Crippen LogP contribution in [-0.4, -0.2) is 37.2 Å². The Morgan fingerprint density at radius 1 is 0.279 bits per heavy atom. The van der Waals surface area contributed by atoms with Crippen molar-refractivity contribution in [2.24, 2.45) is 11.8 Å². The van der Waals surface area contributed by atoms with Crippen LogP contribution in [-0.2, 0) is 28.6 Å². The van der Waals surface area contributed by atoms with E-state index in [2.05, 4.69) is 34.6 Å². The summed E-state index contributed by atoms with van der Waals surface area (Å²) < 4.78 is 16.9. The molecule has 0 aromatic carbocycles. The van der Waals surface area contributed by atoms with Crippen LogP contribution in [0.25, 0.3) is 0 Å². The Bertz CT molecular complexity index is 1040. The molecule has 0 fully saturated rings. The second kappa shape index (κ2) is 54.7. The van der Waals surface area contributed by atoms with Gasteiger partial charge in [0, 0.05) is 19.3 Å². The van der Waals surface area contributed by atoms with Crippen molar-refractivity contribution in [2.45, 2.75) is 355 Å². The van der Waals surface area contributed by atoms with Gasteiger partial charge in [-0.2, -0.15) is 0 Å². The summed E-state index contributed by atoms with van der Waals surface area (Å²) in [7, 11) is 0. The molecule has 68 heavy (non-hydrogen) atoms. The van der Waals surface area contributed by atoms with Gasteiger partial charge in [-0.15, -0.1) is 0 Å². The van der Waals surface area contributed by atoms with E-state index in [4.69, 9.17) is 14.2 Å². The van der Waals surface area contributed by atoms with E-state index < -0.39 is 6.10 Å². The van der Waals surface area contributed by atoms with E-state index in [9.17, 15) is 14.4 Å². The van der Waals surface area contributed by atoms with Crippen LogP contribution in [0.5, 0.6) is 0 Å². The number of hydrogen-bond acceptors (Lipinski definition) is 6. The average Bonchev–Trinajstić information content (AvgIpc) is 3.31. The van der Waals surface area contributed by atoms with Crippen molar-refractivity contribution >= 4 is 17.9 Å². The monoisotopic (exact) mass is 961 g/mol. The van der Waals surface area contributed by atoms with Crippen molar-refractivity contribution in [3.05, 3.63) is 0 Å². The largest absolute Gasteiger partial charge is 0.462 e. The minimum absolute atomic E-state index is 0.0627. The zero-order valence-electron chi connectivity index (χ0n) is 46.7. The SMILES string of the molecule is CCCCCCCCCCCCCCCCCCCCC(=O)OC[C@@H](COC(=O)CCCCCCCCCCC(C)C)OC(=O)CCCCCCCCCCCCCCCCCCCCC(C)C. The molecule has 0 aliphatic carbocycles. The van der Waals surface area contributed by atoms with Crippen LogP contribution in [0.2, 0.25) is 0 Å². The van der Waals surface area contributed by atoms with Gasteiger partial charge in [-0.3, -0.25) is 14.4 Å². The summed E-state index contributed by atoms with van der Waals surface area (Å²) in [5.41, 5.74) is 0. The van der Waals surface area contributed by atoms with Crippen LogP contribution in [0, 0.1) is 11.8 Å². The summed E-state index contributed by atoms with van der Waals surface area (Å²) in [6.45, 7) is 11.4. The molecule has 0 spiro atoms. The number of hydrogen-bond donors (Lipinski definition) is 0. The van der Waals surface area contributed by atoms with E-state index in [0.29, 0.717) is 19.3 Å². The zero-order valence-corrected chi connectivity index (χ0v) is 46.7. The van der Waals surface area contributed by atoms with Crippen LogP contribution in [0.3, 0.4) is 0 Å². The van der Waals surface area contributed by atoms with E-state index in [0.717, 1.165) is 69.6 Å². The van der Waals surface area contributed by atoms with Gasteiger partial charge in [0.25, 0.3) is 0 Å². The van der Waals surface area contributed by atoms with Crippen molar-refractivity contribution in [1.29, 1.82) is 0 Å². The fraction of sp³-hybridized carbons (Fsp3) is 0.952. The normalized spacial score (nSPS) is 12.0. The molecule has 0 heterocycles. The lowest BCUT2D eigenvalue weighted by Crippen LogP contribution is -2.30. The van der Waals surface area contributed by atoms with Crippen LogP contribution in [0.4, 0.5) is 0 Å². The highest BCUT2D eigenvalue weighted by Crippen LogP contribution is 2.19. The fourth-order valence-corrected chi connectivity index (χ4v) is 9.58. The first-order valence-electron chi connectivity index (χ1n) is 30.7. The smallest absolute Gasteiger partial charge is 0.306 e. The van der Waals surface area contributed by atoms with Crippen molar-refractivity contribution in [2.75, 3.05) is 13.2 Å². The first-order valence-corrected chi connectivity index (χ1v) is 30.7. The number of unbranched alkanes of at least 4 members (excludes halogenated alkanes) is 41. The molecule has 0 rings (SSSR count). The van der Waals surface area contributed by atoms with Gasteiger partial charge in [0.1, 0.15) is 13.2 Å². The Morgan fingerprint density at radius 3 is 0.721 bits per heavy atom. The van der Waals surface area contributed by atoms with Gasteiger partial charge in [0.2, 0.25) is 0 Å². The summed E-state index contributed by atoms with van der Waals surface area (Å²) in [6, 6.07) is 0. The van der Waals surface area contributed by atoms with E-state index in [-0.39, 0.29) is 31.1 Å². The lowest BCUT2D eigenvalue weighted by Gasteiger charge is -2.18. The van der Waals surface area contributed by atoms with Gasteiger partial charge in [0.05, 0.1) is 0 Å². The highest BCUT2D eigenvalue weighted by Gasteiger charge is 2.19. The first-order chi connectivity index (χ1) is 33.2. The maximum Gasteiger partial charge on any atom is 0.306 e. The molecular formula is C62H120O6. The Labute approximate surface area is 425 Å². The molecule has 1 atom stereocenters. The lowest BCUT2D eigenvalue weighted by molar-refractivity contribution is -0.167. The van der Waals surface area contributed by atoms with Crippen molar-refractivity contribution in [3.8, 4) is 0 Å². The molecule has 0 aliphatic rings. The van der Waals surface area contributed by atoms with Gasteiger partial charge in [-0.1, -0.05) is 311 Å². The van der Waals surface area contributed by atoms with E-state index >= 15 is 0 Å². The number of carbonyl (C=O) groups is 3. The molecule has 6 nitrogen and oxygen atoms in total. The summed E-state index contributed by atoms with van der Waals surface area (Å²) in [4.78, 5) is 38.2. The zero-order chi connectivity index (χ0) is 49.6. The molecule has 0 bridgehead atoms. The van der Waals surface area contributed by atoms with Crippen LogP contribution in [0.1, 0.15) is 349 Å². The van der Waals surface area contributed by atoms with Gasteiger partial charge in [-0.05, 0) is 31.1 Å². The molecule has 0 amide bonds. The van der Waals surface area contributed by atoms with Crippen molar-refractivity contribution < 1.29 is 28.6 Å². The van der Waals surface area contributed by atoms with E-state index in [1.165, 1.54) is 238 Å². The van der Waals surface area contributed by atoms with E-state index in [1.54, 1.807) is 0 Å². The molecule has 0 aliphatic heterocycles. The topological polar surface area (TPSA) is 78.9 Å². The third kappa shape index (κ3) is 55.3. The Kier molecular flexibility index (Phi) is 53.5. The highest BCUT2D eigenvalue weighted by atomic mass is 16.6.